The Morgan fingerprint density at radius 3 is 2.58 bits per heavy atom. The fourth-order valence-electron chi connectivity index (χ4n) is 2.13. The maximum Gasteiger partial charge on any atom is 0.243 e. The molecule has 1 atom stereocenters. The fraction of sp³-hybridized carbons (Fsp3) is 0.538. The van der Waals surface area contributed by atoms with E-state index >= 15 is 0 Å². The lowest BCUT2D eigenvalue weighted by Crippen LogP contribution is -2.29. The highest BCUT2D eigenvalue weighted by molar-refractivity contribution is 7.89. The Labute approximate surface area is 114 Å². The molecule has 2 N–H and O–H groups in total. The van der Waals surface area contributed by atoms with Gasteiger partial charge in [0.1, 0.15) is 0 Å². The Morgan fingerprint density at radius 1 is 1.37 bits per heavy atom. The number of sulfonamides is 1. The SMILES string of the molecule is CCNCc1ccc(S(=O)(=O)N2CCC(O)C2)cc1. The van der Waals surface area contributed by atoms with Gasteiger partial charge in [-0.05, 0) is 30.7 Å². The van der Waals surface area contributed by atoms with Crippen molar-refractivity contribution in [3.8, 4) is 0 Å². The van der Waals surface area contributed by atoms with Crippen LogP contribution >= 0.6 is 0 Å². The number of nitrogens with one attached hydrogen (secondary N) is 1. The third-order valence-electron chi connectivity index (χ3n) is 3.27. The average Bonchev–Trinajstić information content (AvgIpc) is 2.84. The largest absolute Gasteiger partial charge is 0.392 e. The van der Waals surface area contributed by atoms with Crippen LogP contribution in [0.3, 0.4) is 0 Å². The van der Waals surface area contributed by atoms with Crippen molar-refractivity contribution in [3.05, 3.63) is 29.8 Å². The van der Waals surface area contributed by atoms with Crippen molar-refractivity contribution in [3.63, 3.8) is 0 Å². The highest BCUT2D eigenvalue weighted by Crippen LogP contribution is 2.21. The van der Waals surface area contributed by atoms with Crippen molar-refractivity contribution in [2.75, 3.05) is 19.6 Å². The van der Waals surface area contributed by atoms with Gasteiger partial charge in [-0.15, -0.1) is 0 Å². The molecule has 1 saturated heterocycles. The monoisotopic (exact) mass is 284 g/mol. The highest BCUT2D eigenvalue weighted by Gasteiger charge is 2.31. The molecule has 1 aromatic rings. The zero-order chi connectivity index (χ0) is 13.9. The molecule has 2 rings (SSSR count). The molecular formula is C13H20N2O3S. The molecule has 1 aliphatic rings. The maximum absolute atomic E-state index is 12.3. The minimum atomic E-state index is -3.46. The molecule has 0 aromatic heterocycles. The molecule has 0 spiro atoms. The number of benzene rings is 1. The standard InChI is InChI=1S/C13H20N2O3S/c1-2-14-9-11-3-5-13(6-4-11)19(17,18)15-8-7-12(16)10-15/h3-6,12,14,16H,2,7-10H2,1H3. The Kier molecular flexibility index (Phi) is 4.57. The molecule has 5 nitrogen and oxygen atoms in total. The molecule has 1 heterocycles. The van der Waals surface area contributed by atoms with E-state index in [9.17, 15) is 13.5 Å². The summed E-state index contributed by atoms with van der Waals surface area (Å²) in [5.41, 5.74) is 1.06. The molecule has 1 fully saturated rings. The number of β-amino-alcohol motifs (C(OH)–C–C–N with tert-alkyl or cyclic N) is 1. The summed E-state index contributed by atoms with van der Waals surface area (Å²) < 4.78 is 26.0. The summed E-state index contributed by atoms with van der Waals surface area (Å²) >= 11 is 0. The number of aliphatic hydroxyl groups excluding tert-OH is 1. The van der Waals surface area contributed by atoms with Gasteiger partial charge in [0, 0.05) is 19.6 Å². The number of hydrogen-bond donors (Lipinski definition) is 2. The van der Waals surface area contributed by atoms with Crippen LogP contribution in [0.15, 0.2) is 29.2 Å². The topological polar surface area (TPSA) is 69.6 Å². The number of rotatable bonds is 5. The number of aliphatic hydroxyl groups is 1. The predicted molar refractivity (Wildman–Crippen MR) is 73.2 cm³/mol. The quantitative estimate of drug-likeness (QED) is 0.828. The Bertz CT molecular complexity index is 513. The fourth-order valence-corrected chi connectivity index (χ4v) is 3.62. The van der Waals surface area contributed by atoms with Gasteiger partial charge in [-0.2, -0.15) is 4.31 Å². The van der Waals surface area contributed by atoms with Crippen LogP contribution in [-0.2, 0) is 16.6 Å². The summed E-state index contributed by atoms with van der Waals surface area (Å²) in [6, 6.07) is 6.91. The highest BCUT2D eigenvalue weighted by atomic mass is 32.2. The van der Waals surface area contributed by atoms with Crippen LogP contribution in [0.5, 0.6) is 0 Å². The van der Waals surface area contributed by atoms with Crippen LogP contribution in [0.4, 0.5) is 0 Å². The van der Waals surface area contributed by atoms with Crippen molar-refractivity contribution in [1.29, 1.82) is 0 Å². The van der Waals surface area contributed by atoms with Gasteiger partial charge in [-0.3, -0.25) is 0 Å². The van der Waals surface area contributed by atoms with Crippen LogP contribution in [0.1, 0.15) is 18.9 Å². The Hall–Kier alpha value is -0.950. The van der Waals surface area contributed by atoms with E-state index in [1.807, 2.05) is 19.1 Å². The maximum atomic E-state index is 12.3. The van der Waals surface area contributed by atoms with Gasteiger partial charge in [0.05, 0.1) is 11.0 Å². The molecule has 1 aromatic carbocycles. The van der Waals surface area contributed by atoms with Gasteiger partial charge < -0.3 is 10.4 Å². The Morgan fingerprint density at radius 2 is 2.05 bits per heavy atom. The molecule has 1 aliphatic heterocycles. The summed E-state index contributed by atoms with van der Waals surface area (Å²) in [6.07, 6.45) is -0.0274. The third kappa shape index (κ3) is 3.33. The van der Waals surface area contributed by atoms with E-state index in [0.717, 1.165) is 18.7 Å². The first-order chi connectivity index (χ1) is 9.04. The Balaban J connectivity index is 2.12. The molecule has 106 valence electrons. The first-order valence-electron chi connectivity index (χ1n) is 6.52. The molecule has 0 amide bonds. The molecule has 1 unspecified atom stereocenters. The first-order valence-corrected chi connectivity index (χ1v) is 7.96. The van der Waals surface area contributed by atoms with E-state index in [1.165, 1.54) is 4.31 Å². The van der Waals surface area contributed by atoms with Gasteiger partial charge in [0.2, 0.25) is 10.0 Å². The lowest BCUT2D eigenvalue weighted by Gasteiger charge is -2.16. The molecule has 0 aliphatic carbocycles. The summed E-state index contributed by atoms with van der Waals surface area (Å²) in [5, 5.41) is 12.6. The summed E-state index contributed by atoms with van der Waals surface area (Å²) in [6.45, 7) is 4.23. The van der Waals surface area contributed by atoms with Gasteiger partial charge in [0.25, 0.3) is 0 Å². The molecule has 0 radical (unpaired) electrons. The predicted octanol–water partition coefficient (Wildman–Crippen LogP) is 0.551. The van der Waals surface area contributed by atoms with Crippen molar-refractivity contribution < 1.29 is 13.5 Å². The van der Waals surface area contributed by atoms with Gasteiger partial charge in [-0.1, -0.05) is 19.1 Å². The minimum Gasteiger partial charge on any atom is -0.392 e. The second-order valence-corrected chi connectivity index (χ2v) is 6.67. The van der Waals surface area contributed by atoms with Crippen molar-refractivity contribution in [1.82, 2.24) is 9.62 Å². The van der Waals surface area contributed by atoms with Crippen molar-refractivity contribution >= 4 is 10.0 Å². The summed E-state index contributed by atoms with van der Waals surface area (Å²) in [7, 11) is -3.46. The van der Waals surface area contributed by atoms with E-state index in [2.05, 4.69) is 5.32 Å². The smallest absolute Gasteiger partial charge is 0.243 e. The second kappa shape index (κ2) is 6.00. The van der Waals surface area contributed by atoms with Gasteiger partial charge >= 0.3 is 0 Å². The normalized spacial score (nSPS) is 20.8. The molecule has 19 heavy (non-hydrogen) atoms. The van der Waals surface area contributed by atoms with E-state index in [0.29, 0.717) is 17.9 Å². The lowest BCUT2D eigenvalue weighted by atomic mass is 10.2. The molecule has 0 saturated carbocycles. The van der Waals surface area contributed by atoms with Crippen LogP contribution < -0.4 is 5.32 Å². The van der Waals surface area contributed by atoms with E-state index in [4.69, 9.17) is 0 Å². The van der Waals surface area contributed by atoms with Crippen molar-refractivity contribution in [2.45, 2.75) is 30.9 Å². The number of hydrogen-bond acceptors (Lipinski definition) is 4. The van der Waals surface area contributed by atoms with Gasteiger partial charge in [0.15, 0.2) is 0 Å². The second-order valence-electron chi connectivity index (χ2n) is 4.73. The van der Waals surface area contributed by atoms with Crippen LogP contribution in [0.2, 0.25) is 0 Å². The molecule has 0 bridgehead atoms. The zero-order valence-corrected chi connectivity index (χ0v) is 11.9. The van der Waals surface area contributed by atoms with E-state index in [-0.39, 0.29) is 6.54 Å². The van der Waals surface area contributed by atoms with Crippen LogP contribution in [-0.4, -0.2) is 43.6 Å². The van der Waals surface area contributed by atoms with E-state index in [1.54, 1.807) is 12.1 Å². The van der Waals surface area contributed by atoms with Crippen molar-refractivity contribution in [2.24, 2.45) is 0 Å². The first kappa shape index (κ1) is 14.5. The summed E-state index contributed by atoms with van der Waals surface area (Å²) in [4.78, 5) is 0.293. The molecule has 6 heteroatoms. The van der Waals surface area contributed by atoms with Gasteiger partial charge in [-0.25, -0.2) is 8.42 Å². The average molecular weight is 284 g/mol. The minimum absolute atomic E-state index is 0.196. The van der Waals surface area contributed by atoms with E-state index < -0.39 is 16.1 Å². The molecular weight excluding hydrogens is 264 g/mol. The van der Waals surface area contributed by atoms with Crippen LogP contribution in [0.25, 0.3) is 0 Å². The third-order valence-corrected chi connectivity index (χ3v) is 5.15. The summed E-state index contributed by atoms with van der Waals surface area (Å²) in [5.74, 6) is 0. The van der Waals surface area contributed by atoms with Crippen LogP contribution in [0, 0.1) is 0 Å². The lowest BCUT2D eigenvalue weighted by molar-refractivity contribution is 0.189. The zero-order valence-electron chi connectivity index (χ0n) is 11.0. The number of nitrogens with zero attached hydrogens (tertiary/aromatic N) is 1.